The third-order valence-corrected chi connectivity index (χ3v) is 1.77. The first-order valence-electron chi connectivity index (χ1n) is 3.76. The van der Waals surface area contributed by atoms with Gasteiger partial charge < -0.3 is 10.8 Å². The van der Waals surface area contributed by atoms with E-state index in [4.69, 9.17) is 10.8 Å². The topological polar surface area (TPSA) is 80.4 Å². The lowest BCUT2D eigenvalue weighted by atomic mass is 9.78. The average molecular weight is 173 g/mol. The van der Waals surface area contributed by atoms with Gasteiger partial charge >= 0.3 is 5.97 Å². The first kappa shape index (κ1) is 10.9. The second kappa shape index (κ2) is 3.56. The molecule has 4 nitrogen and oxygen atoms in total. The molecule has 0 rings (SSSR count). The van der Waals surface area contributed by atoms with Crippen molar-refractivity contribution < 1.29 is 14.7 Å². The highest BCUT2D eigenvalue weighted by molar-refractivity contribution is 5.82. The van der Waals surface area contributed by atoms with Gasteiger partial charge in [-0.05, 0) is 5.41 Å². The Morgan fingerprint density at radius 3 is 1.92 bits per heavy atom. The fraction of sp³-hybridized carbons (Fsp3) is 0.750. The van der Waals surface area contributed by atoms with Crippen molar-refractivity contribution in [2.75, 3.05) is 0 Å². The van der Waals surface area contributed by atoms with Gasteiger partial charge in [0.1, 0.15) is 0 Å². The fourth-order valence-corrected chi connectivity index (χ4v) is 1.01. The molecule has 1 atom stereocenters. The maximum Gasteiger partial charge on any atom is 0.304 e. The van der Waals surface area contributed by atoms with Crippen LogP contribution in [0.5, 0.6) is 0 Å². The zero-order chi connectivity index (χ0) is 9.94. The van der Waals surface area contributed by atoms with Crippen molar-refractivity contribution in [3.63, 3.8) is 0 Å². The van der Waals surface area contributed by atoms with Crippen molar-refractivity contribution in [1.82, 2.24) is 0 Å². The number of primary amides is 1. The predicted molar refractivity (Wildman–Crippen MR) is 44.4 cm³/mol. The summed E-state index contributed by atoms with van der Waals surface area (Å²) in [6, 6.07) is 0. The zero-order valence-electron chi connectivity index (χ0n) is 7.63. The molecular formula is C8H15NO3. The minimum Gasteiger partial charge on any atom is -0.481 e. The van der Waals surface area contributed by atoms with Crippen molar-refractivity contribution in [1.29, 1.82) is 0 Å². The maximum atomic E-state index is 10.8. The Morgan fingerprint density at radius 2 is 1.83 bits per heavy atom. The second-order valence-corrected chi connectivity index (χ2v) is 3.92. The second-order valence-electron chi connectivity index (χ2n) is 3.92. The molecule has 0 fully saturated rings. The standard InChI is InChI=1S/C8H15NO3/c1-8(2,3)5(7(9)12)4-6(10)11/h5H,4H2,1-3H3,(H2,9,12)(H,10,11). The van der Waals surface area contributed by atoms with E-state index in [0.717, 1.165) is 0 Å². The molecular weight excluding hydrogens is 158 g/mol. The summed E-state index contributed by atoms with van der Waals surface area (Å²) >= 11 is 0. The molecule has 0 heterocycles. The molecule has 0 aliphatic rings. The number of carboxylic acids is 1. The summed E-state index contributed by atoms with van der Waals surface area (Å²) in [6.07, 6.45) is -0.196. The van der Waals surface area contributed by atoms with Gasteiger partial charge in [0.25, 0.3) is 0 Å². The Kier molecular flexibility index (Phi) is 3.24. The van der Waals surface area contributed by atoms with Gasteiger partial charge in [0.15, 0.2) is 0 Å². The SMILES string of the molecule is CC(C)(C)C(CC(=O)O)C(N)=O. The first-order valence-corrected chi connectivity index (χ1v) is 3.76. The van der Waals surface area contributed by atoms with Crippen LogP contribution >= 0.6 is 0 Å². The number of carbonyl (C=O) groups is 2. The number of hydrogen-bond acceptors (Lipinski definition) is 2. The van der Waals surface area contributed by atoms with Gasteiger partial charge in [-0.25, -0.2) is 0 Å². The van der Waals surface area contributed by atoms with Crippen LogP contribution in [0.1, 0.15) is 27.2 Å². The first-order chi connectivity index (χ1) is 5.25. The lowest BCUT2D eigenvalue weighted by molar-refractivity contribution is -0.142. The van der Waals surface area contributed by atoms with Gasteiger partial charge in [-0.3, -0.25) is 9.59 Å². The third-order valence-electron chi connectivity index (χ3n) is 1.77. The van der Waals surface area contributed by atoms with Crippen LogP contribution in [0.15, 0.2) is 0 Å². The van der Waals surface area contributed by atoms with Crippen LogP contribution in [0, 0.1) is 11.3 Å². The van der Waals surface area contributed by atoms with Gasteiger partial charge in [0, 0.05) is 0 Å². The number of aliphatic carboxylic acids is 1. The third kappa shape index (κ3) is 3.37. The van der Waals surface area contributed by atoms with Crippen molar-refractivity contribution in [2.24, 2.45) is 17.1 Å². The molecule has 0 aliphatic carbocycles. The molecule has 0 aliphatic heterocycles. The summed E-state index contributed by atoms with van der Waals surface area (Å²) in [6.45, 7) is 5.39. The Bertz CT molecular complexity index is 193. The highest BCUT2D eigenvalue weighted by Crippen LogP contribution is 2.28. The number of nitrogens with two attached hydrogens (primary N) is 1. The average Bonchev–Trinajstić information content (AvgIpc) is 1.79. The van der Waals surface area contributed by atoms with Crippen molar-refractivity contribution in [3.05, 3.63) is 0 Å². The van der Waals surface area contributed by atoms with E-state index in [0.29, 0.717) is 0 Å². The summed E-state index contributed by atoms with van der Waals surface area (Å²) in [5, 5.41) is 8.49. The Morgan fingerprint density at radius 1 is 1.42 bits per heavy atom. The van der Waals surface area contributed by atoms with Crippen LogP contribution in [0.4, 0.5) is 0 Å². The van der Waals surface area contributed by atoms with Crippen LogP contribution < -0.4 is 5.73 Å². The summed E-state index contributed by atoms with van der Waals surface area (Å²) < 4.78 is 0. The Labute approximate surface area is 71.8 Å². The summed E-state index contributed by atoms with van der Waals surface area (Å²) in [5.74, 6) is -2.14. The molecule has 0 radical (unpaired) electrons. The zero-order valence-corrected chi connectivity index (χ0v) is 7.63. The highest BCUT2D eigenvalue weighted by atomic mass is 16.4. The van der Waals surface area contributed by atoms with Crippen LogP contribution in [-0.4, -0.2) is 17.0 Å². The highest BCUT2D eigenvalue weighted by Gasteiger charge is 2.31. The molecule has 0 spiro atoms. The maximum absolute atomic E-state index is 10.8. The molecule has 0 aromatic carbocycles. The van der Waals surface area contributed by atoms with Gasteiger partial charge in [-0.1, -0.05) is 20.8 Å². The van der Waals surface area contributed by atoms with Gasteiger partial charge in [0.05, 0.1) is 12.3 Å². The molecule has 70 valence electrons. The molecule has 0 saturated heterocycles. The fourth-order valence-electron chi connectivity index (χ4n) is 1.01. The van der Waals surface area contributed by atoms with Crippen LogP contribution in [0.2, 0.25) is 0 Å². The number of carboxylic acid groups (broad SMARTS) is 1. The van der Waals surface area contributed by atoms with Crippen molar-refractivity contribution >= 4 is 11.9 Å². The van der Waals surface area contributed by atoms with E-state index in [9.17, 15) is 9.59 Å². The molecule has 1 unspecified atom stereocenters. The molecule has 1 amide bonds. The molecule has 3 N–H and O–H groups in total. The number of hydrogen-bond donors (Lipinski definition) is 2. The van der Waals surface area contributed by atoms with E-state index in [2.05, 4.69) is 0 Å². The Hall–Kier alpha value is -1.06. The van der Waals surface area contributed by atoms with Crippen LogP contribution in [-0.2, 0) is 9.59 Å². The largest absolute Gasteiger partial charge is 0.481 e. The van der Waals surface area contributed by atoms with Crippen molar-refractivity contribution in [3.8, 4) is 0 Å². The lowest BCUT2D eigenvalue weighted by Gasteiger charge is -2.26. The van der Waals surface area contributed by atoms with E-state index < -0.39 is 17.8 Å². The normalized spacial score (nSPS) is 13.9. The summed E-state index contributed by atoms with van der Waals surface area (Å²) in [4.78, 5) is 21.2. The van der Waals surface area contributed by atoms with Gasteiger partial charge in [0.2, 0.25) is 5.91 Å². The molecule has 4 heteroatoms. The van der Waals surface area contributed by atoms with E-state index in [1.54, 1.807) is 20.8 Å². The van der Waals surface area contributed by atoms with Crippen LogP contribution in [0.3, 0.4) is 0 Å². The monoisotopic (exact) mass is 173 g/mol. The minimum absolute atomic E-state index is 0.196. The number of rotatable bonds is 3. The van der Waals surface area contributed by atoms with E-state index >= 15 is 0 Å². The quantitative estimate of drug-likeness (QED) is 0.656. The minimum atomic E-state index is -0.992. The Balaban J connectivity index is 4.46. The van der Waals surface area contributed by atoms with Gasteiger partial charge in [-0.15, -0.1) is 0 Å². The number of amides is 1. The van der Waals surface area contributed by atoms with Gasteiger partial charge in [-0.2, -0.15) is 0 Å². The molecule has 0 saturated carbocycles. The molecule has 0 bridgehead atoms. The van der Waals surface area contributed by atoms with Crippen LogP contribution in [0.25, 0.3) is 0 Å². The molecule has 0 aromatic rings. The van der Waals surface area contributed by atoms with E-state index in [1.807, 2.05) is 0 Å². The lowest BCUT2D eigenvalue weighted by Crippen LogP contribution is -2.35. The summed E-state index contributed by atoms with van der Waals surface area (Å²) in [7, 11) is 0. The summed E-state index contributed by atoms with van der Waals surface area (Å²) in [5.41, 5.74) is 4.68. The smallest absolute Gasteiger partial charge is 0.304 e. The molecule has 0 aromatic heterocycles. The molecule has 12 heavy (non-hydrogen) atoms. The van der Waals surface area contributed by atoms with Crippen molar-refractivity contribution in [2.45, 2.75) is 27.2 Å². The van der Waals surface area contributed by atoms with E-state index in [-0.39, 0.29) is 11.8 Å². The van der Waals surface area contributed by atoms with E-state index in [1.165, 1.54) is 0 Å². The number of carbonyl (C=O) groups excluding carboxylic acids is 1. The predicted octanol–water partition coefficient (Wildman–Crippen LogP) is 0.609.